The van der Waals surface area contributed by atoms with Crippen LogP contribution in [0.5, 0.6) is 0 Å². The number of amides is 1. The summed E-state index contributed by atoms with van der Waals surface area (Å²) in [6.07, 6.45) is 7.97. The van der Waals surface area contributed by atoms with E-state index < -0.39 is 0 Å². The maximum Gasteiger partial charge on any atom is 0.316 e. The molecule has 4 aliphatic rings. The van der Waals surface area contributed by atoms with E-state index in [1.54, 1.807) is 0 Å². The highest BCUT2D eigenvalue weighted by Crippen LogP contribution is 2.61. The van der Waals surface area contributed by atoms with E-state index in [1.807, 2.05) is 19.1 Å². The van der Waals surface area contributed by atoms with E-state index in [-0.39, 0.29) is 35.7 Å². The number of rotatable bonds is 7. The first kappa shape index (κ1) is 20.8. The molecule has 4 saturated carbocycles. The van der Waals surface area contributed by atoms with Crippen LogP contribution in [-0.2, 0) is 14.3 Å². The highest BCUT2D eigenvalue weighted by atomic mass is 32.2. The topological polar surface area (TPSA) is 55.4 Å². The second kappa shape index (κ2) is 8.33. The molecule has 1 N–H and O–H groups in total. The number of esters is 1. The Kier molecular flexibility index (Phi) is 5.97. The largest absolute Gasteiger partial charge is 0.455 e. The van der Waals surface area contributed by atoms with Crippen molar-refractivity contribution in [3.63, 3.8) is 0 Å². The summed E-state index contributed by atoms with van der Waals surface area (Å²) in [5, 5.41) is 3.16. The molecule has 0 aromatic heterocycles. The van der Waals surface area contributed by atoms with Crippen LogP contribution in [0.3, 0.4) is 0 Å². The molecule has 1 aromatic rings. The van der Waals surface area contributed by atoms with E-state index >= 15 is 0 Å². The lowest BCUT2D eigenvalue weighted by Gasteiger charge is -2.59. The minimum absolute atomic E-state index is 0.159. The summed E-state index contributed by atoms with van der Waals surface area (Å²) in [6, 6.07) is 6.33. The number of benzene rings is 1. The molecule has 5 heteroatoms. The Bertz CT molecular complexity index is 755. The zero-order valence-electron chi connectivity index (χ0n) is 17.8. The second-order valence-corrected chi connectivity index (χ2v) is 10.8. The molecule has 5 rings (SSSR count). The third kappa shape index (κ3) is 4.65. The van der Waals surface area contributed by atoms with Gasteiger partial charge in [0.15, 0.2) is 6.61 Å². The van der Waals surface area contributed by atoms with Crippen LogP contribution in [0.15, 0.2) is 23.1 Å². The fourth-order valence-corrected chi connectivity index (χ4v) is 7.24. The van der Waals surface area contributed by atoms with Crippen molar-refractivity contribution in [2.45, 2.75) is 70.2 Å². The van der Waals surface area contributed by atoms with E-state index in [0.29, 0.717) is 0 Å². The Hall–Kier alpha value is -1.49. The zero-order valence-corrected chi connectivity index (χ0v) is 18.6. The lowest BCUT2D eigenvalue weighted by molar-refractivity contribution is -0.147. The van der Waals surface area contributed by atoms with Crippen molar-refractivity contribution in [3.8, 4) is 0 Å². The Morgan fingerprint density at radius 2 is 1.76 bits per heavy atom. The lowest BCUT2D eigenvalue weighted by atomic mass is 9.48. The summed E-state index contributed by atoms with van der Waals surface area (Å²) >= 11 is 1.46. The van der Waals surface area contributed by atoms with E-state index in [1.165, 1.54) is 55.9 Å². The molecule has 1 amide bonds. The maximum atomic E-state index is 12.4. The average Bonchev–Trinajstić information content (AvgIpc) is 2.64. The molecule has 1 aromatic carbocycles. The quantitative estimate of drug-likeness (QED) is 0.520. The molecule has 0 unspecified atom stereocenters. The molecule has 4 aliphatic carbocycles. The highest BCUT2D eigenvalue weighted by molar-refractivity contribution is 8.00. The van der Waals surface area contributed by atoms with Crippen molar-refractivity contribution in [2.75, 3.05) is 12.4 Å². The molecule has 0 radical (unpaired) electrons. The summed E-state index contributed by atoms with van der Waals surface area (Å²) in [5.41, 5.74) is 2.64. The van der Waals surface area contributed by atoms with E-state index in [0.717, 1.165) is 28.2 Å². The molecule has 0 heterocycles. The van der Waals surface area contributed by atoms with Gasteiger partial charge in [0.2, 0.25) is 0 Å². The highest BCUT2D eigenvalue weighted by Gasteiger charge is 2.53. The normalized spacial score (nSPS) is 30.8. The number of thioether (sulfide) groups is 1. The molecule has 29 heavy (non-hydrogen) atoms. The molecule has 0 aliphatic heterocycles. The third-order valence-electron chi connectivity index (χ3n) is 7.42. The standard InChI is InChI=1S/C24H33NO3S/c1-15-4-5-21(16(2)6-15)29-14-23(27)28-13-22(26)25-17(3)24-10-18-7-19(11-24)9-20(8-18)12-24/h4-6,17-20H,7-14H2,1-3H3,(H,25,26)/t17-,18?,19?,20?,24?/m1/s1. The van der Waals surface area contributed by atoms with Gasteiger partial charge >= 0.3 is 5.97 Å². The average molecular weight is 416 g/mol. The van der Waals surface area contributed by atoms with Crippen LogP contribution in [0.1, 0.15) is 56.6 Å². The van der Waals surface area contributed by atoms with Crippen LogP contribution in [0.2, 0.25) is 0 Å². The Morgan fingerprint density at radius 3 is 2.34 bits per heavy atom. The summed E-state index contributed by atoms with van der Waals surface area (Å²) in [7, 11) is 0. The van der Waals surface area contributed by atoms with Crippen LogP contribution in [-0.4, -0.2) is 30.3 Å². The van der Waals surface area contributed by atoms with Gasteiger partial charge in [0.05, 0.1) is 5.75 Å². The monoisotopic (exact) mass is 415 g/mol. The number of ether oxygens (including phenoxy) is 1. The Morgan fingerprint density at radius 1 is 1.14 bits per heavy atom. The first-order valence-corrected chi connectivity index (χ1v) is 12.0. The minimum atomic E-state index is -0.340. The third-order valence-corrected chi connectivity index (χ3v) is 8.57. The van der Waals surface area contributed by atoms with Crippen molar-refractivity contribution < 1.29 is 14.3 Å². The SMILES string of the molecule is Cc1ccc(SCC(=O)OCC(=O)N[C@H](C)C23CC4CC(CC(C4)C2)C3)c(C)c1. The maximum absolute atomic E-state index is 12.4. The molecule has 0 spiro atoms. The van der Waals surface area contributed by atoms with Gasteiger partial charge < -0.3 is 10.1 Å². The fraction of sp³-hybridized carbons (Fsp3) is 0.667. The fourth-order valence-electron chi connectivity index (χ4n) is 6.43. The predicted octanol–water partition coefficient (Wildman–Crippen LogP) is 4.66. The molecule has 4 fully saturated rings. The summed E-state index contributed by atoms with van der Waals surface area (Å²) in [4.78, 5) is 25.6. The minimum Gasteiger partial charge on any atom is -0.455 e. The van der Waals surface area contributed by atoms with Gasteiger partial charge in [-0.15, -0.1) is 11.8 Å². The first-order chi connectivity index (χ1) is 13.8. The van der Waals surface area contributed by atoms with Crippen LogP contribution in [0.25, 0.3) is 0 Å². The van der Waals surface area contributed by atoms with E-state index in [2.05, 4.69) is 25.2 Å². The van der Waals surface area contributed by atoms with Gasteiger partial charge in [0, 0.05) is 10.9 Å². The molecule has 1 atom stereocenters. The zero-order chi connectivity index (χ0) is 20.6. The number of aryl methyl sites for hydroxylation is 2. The number of carbonyl (C=O) groups excluding carboxylic acids is 2. The van der Waals surface area contributed by atoms with Crippen molar-refractivity contribution in [2.24, 2.45) is 23.2 Å². The molecule has 0 saturated heterocycles. The van der Waals surface area contributed by atoms with E-state index in [9.17, 15) is 9.59 Å². The molecular formula is C24H33NO3S. The Balaban J connectivity index is 1.22. The van der Waals surface area contributed by atoms with Crippen molar-refractivity contribution in [1.29, 1.82) is 0 Å². The van der Waals surface area contributed by atoms with Gasteiger partial charge in [-0.05, 0) is 94.1 Å². The smallest absolute Gasteiger partial charge is 0.316 e. The van der Waals surface area contributed by atoms with Crippen molar-refractivity contribution >= 4 is 23.6 Å². The number of hydrogen-bond donors (Lipinski definition) is 1. The van der Waals surface area contributed by atoms with Gasteiger partial charge in [-0.2, -0.15) is 0 Å². The van der Waals surface area contributed by atoms with Crippen molar-refractivity contribution in [3.05, 3.63) is 29.3 Å². The van der Waals surface area contributed by atoms with Crippen LogP contribution < -0.4 is 5.32 Å². The number of carbonyl (C=O) groups is 2. The van der Waals surface area contributed by atoms with Crippen LogP contribution >= 0.6 is 11.8 Å². The first-order valence-electron chi connectivity index (χ1n) is 11.0. The second-order valence-electron chi connectivity index (χ2n) is 9.79. The molecule has 4 bridgehead atoms. The molecular weight excluding hydrogens is 382 g/mol. The van der Waals surface area contributed by atoms with Crippen molar-refractivity contribution in [1.82, 2.24) is 5.32 Å². The van der Waals surface area contributed by atoms with Gasteiger partial charge in [0.25, 0.3) is 5.91 Å². The molecule has 4 nitrogen and oxygen atoms in total. The van der Waals surface area contributed by atoms with Gasteiger partial charge in [0.1, 0.15) is 0 Å². The number of nitrogens with one attached hydrogen (secondary N) is 1. The predicted molar refractivity (Wildman–Crippen MR) is 116 cm³/mol. The van der Waals surface area contributed by atoms with Crippen LogP contribution in [0.4, 0.5) is 0 Å². The summed E-state index contributed by atoms with van der Waals surface area (Å²) in [5.74, 6) is 2.30. The van der Waals surface area contributed by atoms with Gasteiger partial charge in [-0.1, -0.05) is 17.7 Å². The van der Waals surface area contributed by atoms with Crippen LogP contribution in [0, 0.1) is 37.0 Å². The van der Waals surface area contributed by atoms with Gasteiger partial charge in [-0.25, -0.2) is 0 Å². The van der Waals surface area contributed by atoms with Gasteiger partial charge in [-0.3, -0.25) is 9.59 Å². The summed E-state index contributed by atoms with van der Waals surface area (Å²) < 4.78 is 5.24. The lowest BCUT2D eigenvalue weighted by Crippen LogP contribution is -2.56. The number of hydrogen-bond acceptors (Lipinski definition) is 4. The summed E-state index contributed by atoms with van der Waals surface area (Å²) in [6.45, 7) is 6.07. The Labute approximate surface area is 178 Å². The van der Waals surface area contributed by atoms with E-state index in [4.69, 9.17) is 4.74 Å². The molecule has 158 valence electrons.